The molecule has 0 aliphatic rings. The number of benzene rings is 1. The number of ketones is 2. The van der Waals surface area contributed by atoms with Gasteiger partial charge in [0, 0.05) is 5.41 Å². The number of carbonyl (C=O) groups excluding carboxylic acids is 3. The molecule has 0 spiro atoms. The summed E-state index contributed by atoms with van der Waals surface area (Å²) in [5, 5.41) is 0. The Labute approximate surface area is 159 Å². The number of primary amides is 1. The summed E-state index contributed by atoms with van der Waals surface area (Å²) in [6.07, 6.45) is 1.53. The molecule has 1 rings (SSSR count). The summed E-state index contributed by atoms with van der Waals surface area (Å²) in [6, 6.07) is 5.17. The third kappa shape index (κ3) is 7.94. The number of Topliss-reactive ketones (excluding diaryl/α,β-unsaturated/α-hetero) is 1. The SMILES string of the molecule is COc1cc(C=CC(=O)CC(C)=O)ccc1OC(COC(N)=O)C(C)(C)C. The van der Waals surface area contributed by atoms with Crippen molar-refractivity contribution in [3.8, 4) is 11.5 Å². The van der Waals surface area contributed by atoms with E-state index in [9.17, 15) is 14.4 Å². The van der Waals surface area contributed by atoms with Crippen molar-refractivity contribution in [3.63, 3.8) is 0 Å². The zero-order valence-electron chi connectivity index (χ0n) is 16.4. The van der Waals surface area contributed by atoms with Gasteiger partial charge in [0.25, 0.3) is 0 Å². The van der Waals surface area contributed by atoms with E-state index in [1.165, 1.54) is 20.1 Å². The summed E-state index contributed by atoms with van der Waals surface area (Å²) in [6.45, 7) is 7.22. The maximum absolute atomic E-state index is 11.6. The summed E-state index contributed by atoms with van der Waals surface area (Å²) in [7, 11) is 1.50. The Bertz CT molecular complexity index is 718. The van der Waals surface area contributed by atoms with Crippen LogP contribution >= 0.6 is 0 Å². The van der Waals surface area contributed by atoms with Crippen molar-refractivity contribution in [2.24, 2.45) is 11.1 Å². The molecule has 27 heavy (non-hydrogen) atoms. The molecule has 1 atom stereocenters. The average Bonchev–Trinajstić information content (AvgIpc) is 2.55. The Kier molecular flexibility index (Phi) is 8.02. The standard InChI is InChI=1S/C20H27NO6/c1-13(22)10-15(23)8-6-14-7-9-16(17(11-14)25-5)27-18(20(2,3)4)12-26-19(21)24/h6-9,11,18H,10,12H2,1-5H3,(H2,21,24). The molecule has 0 radical (unpaired) electrons. The predicted molar refractivity (Wildman–Crippen MR) is 102 cm³/mol. The molecule has 0 aliphatic heterocycles. The summed E-state index contributed by atoms with van der Waals surface area (Å²) < 4.78 is 16.3. The molecule has 148 valence electrons. The number of hydrogen-bond donors (Lipinski definition) is 1. The normalized spacial score (nSPS) is 12.5. The summed E-state index contributed by atoms with van der Waals surface area (Å²) in [5.41, 5.74) is 5.44. The van der Waals surface area contributed by atoms with Crippen molar-refractivity contribution in [3.05, 3.63) is 29.8 Å². The lowest BCUT2D eigenvalue weighted by atomic mass is 9.89. The molecule has 1 aromatic carbocycles. The van der Waals surface area contributed by atoms with Crippen molar-refractivity contribution in [1.82, 2.24) is 0 Å². The van der Waals surface area contributed by atoms with Gasteiger partial charge in [0.1, 0.15) is 18.5 Å². The lowest BCUT2D eigenvalue weighted by Crippen LogP contribution is -2.38. The van der Waals surface area contributed by atoms with Crippen LogP contribution < -0.4 is 15.2 Å². The fourth-order valence-electron chi connectivity index (χ4n) is 2.15. The largest absolute Gasteiger partial charge is 0.493 e. The van der Waals surface area contributed by atoms with E-state index in [2.05, 4.69) is 0 Å². The van der Waals surface area contributed by atoms with Crippen molar-refractivity contribution in [2.75, 3.05) is 13.7 Å². The van der Waals surface area contributed by atoms with Crippen molar-refractivity contribution >= 4 is 23.7 Å². The van der Waals surface area contributed by atoms with Crippen LogP contribution in [0.25, 0.3) is 6.08 Å². The van der Waals surface area contributed by atoms with Crippen LogP contribution in [0, 0.1) is 5.41 Å². The first-order valence-electron chi connectivity index (χ1n) is 8.50. The molecule has 0 aliphatic carbocycles. The molecule has 1 amide bonds. The number of ether oxygens (including phenoxy) is 3. The molecule has 1 unspecified atom stereocenters. The molecule has 2 N–H and O–H groups in total. The second-order valence-corrected chi connectivity index (χ2v) is 7.19. The summed E-state index contributed by atoms with van der Waals surface area (Å²) in [5.74, 6) is 0.484. The van der Waals surface area contributed by atoms with Gasteiger partial charge in [-0.2, -0.15) is 0 Å². The molecule has 0 aromatic heterocycles. The Morgan fingerprint density at radius 1 is 1.19 bits per heavy atom. The van der Waals surface area contributed by atoms with E-state index < -0.39 is 12.2 Å². The molecule has 7 nitrogen and oxygen atoms in total. The number of amides is 1. The number of methoxy groups -OCH3 is 1. The maximum Gasteiger partial charge on any atom is 0.404 e. The van der Waals surface area contributed by atoms with Gasteiger partial charge in [0.15, 0.2) is 17.3 Å². The number of allylic oxidation sites excluding steroid dienone is 1. The molecule has 0 saturated carbocycles. The van der Waals surface area contributed by atoms with Gasteiger partial charge in [-0.1, -0.05) is 32.9 Å². The Morgan fingerprint density at radius 3 is 2.37 bits per heavy atom. The lowest BCUT2D eigenvalue weighted by Gasteiger charge is -2.31. The van der Waals surface area contributed by atoms with Crippen LogP contribution in [0.4, 0.5) is 4.79 Å². The second-order valence-electron chi connectivity index (χ2n) is 7.19. The highest BCUT2D eigenvalue weighted by atomic mass is 16.6. The van der Waals surface area contributed by atoms with Crippen LogP contribution in [0.3, 0.4) is 0 Å². The van der Waals surface area contributed by atoms with Gasteiger partial charge < -0.3 is 19.9 Å². The molecule has 0 heterocycles. The Balaban J connectivity index is 2.98. The highest BCUT2D eigenvalue weighted by Crippen LogP contribution is 2.33. The smallest absolute Gasteiger partial charge is 0.404 e. The minimum absolute atomic E-state index is 0.00316. The molecule has 7 heteroatoms. The predicted octanol–water partition coefficient (Wildman–Crippen LogP) is 3.15. The average molecular weight is 377 g/mol. The fourth-order valence-corrected chi connectivity index (χ4v) is 2.15. The van der Waals surface area contributed by atoms with Crippen LogP contribution in [0.1, 0.15) is 39.7 Å². The monoisotopic (exact) mass is 377 g/mol. The Hall–Kier alpha value is -2.83. The van der Waals surface area contributed by atoms with Crippen LogP contribution in [0.2, 0.25) is 0 Å². The number of nitrogens with two attached hydrogens (primary N) is 1. The third-order valence-electron chi connectivity index (χ3n) is 3.68. The van der Waals surface area contributed by atoms with Crippen LogP contribution in [0.15, 0.2) is 24.3 Å². The van der Waals surface area contributed by atoms with Gasteiger partial charge in [-0.25, -0.2) is 4.79 Å². The van der Waals surface area contributed by atoms with E-state index in [0.29, 0.717) is 11.5 Å². The van der Waals surface area contributed by atoms with Crippen molar-refractivity contribution in [1.29, 1.82) is 0 Å². The van der Waals surface area contributed by atoms with E-state index in [-0.39, 0.29) is 30.0 Å². The molecule has 0 fully saturated rings. The quantitative estimate of drug-likeness (QED) is 0.523. The highest BCUT2D eigenvalue weighted by Gasteiger charge is 2.29. The van der Waals surface area contributed by atoms with E-state index in [0.717, 1.165) is 5.56 Å². The maximum atomic E-state index is 11.6. The first-order valence-corrected chi connectivity index (χ1v) is 8.50. The first-order chi connectivity index (χ1) is 12.5. The molecular formula is C20H27NO6. The van der Waals surface area contributed by atoms with Crippen LogP contribution in [0.5, 0.6) is 11.5 Å². The van der Waals surface area contributed by atoms with Crippen LogP contribution in [-0.2, 0) is 14.3 Å². The zero-order valence-corrected chi connectivity index (χ0v) is 16.4. The van der Waals surface area contributed by atoms with Gasteiger partial charge in [-0.3, -0.25) is 9.59 Å². The second kappa shape index (κ2) is 9.75. The van der Waals surface area contributed by atoms with E-state index >= 15 is 0 Å². The summed E-state index contributed by atoms with van der Waals surface area (Å²) in [4.78, 5) is 33.5. The molecule has 0 saturated heterocycles. The first kappa shape index (κ1) is 22.2. The van der Waals surface area contributed by atoms with E-state index in [1.54, 1.807) is 24.3 Å². The fraction of sp³-hybridized carbons (Fsp3) is 0.450. The molecular weight excluding hydrogens is 350 g/mol. The molecule has 0 bridgehead atoms. The van der Waals surface area contributed by atoms with Gasteiger partial charge in [0.05, 0.1) is 13.5 Å². The minimum Gasteiger partial charge on any atom is -0.493 e. The van der Waals surface area contributed by atoms with E-state index in [4.69, 9.17) is 19.9 Å². The zero-order chi connectivity index (χ0) is 20.6. The van der Waals surface area contributed by atoms with Gasteiger partial charge in [-0.15, -0.1) is 0 Å². The number of carbonyl (C=O) groups is 3. The number of hydrogen-bond acceptors (Lipinski definition) is 6. The Morgan fingerprint density at radius 2 is 1.85 bits per heavy atom. The van der Waals surface area contributed by atoms with Gasteiger partial charge in [0.2, 0.25) is 0 Å². The molecule has 1 aromatic rings. The highest BCUT2D eigenvalue weighted by molar-refractivity contribution is 6.05. The lowest BCUT2D eigenvalue weighted by molar-refractivity contribution is -0.123. The van der Waals surface area contributed by atoms with Gasteiger partial charge >= 0.3 is 6.09 Å². The summed E-state index contributed by atoms with van der Waals surface area (Å²) >= 11 is 0. The minimum atomic E-state index is -0.865. The van der Waals surface area contributed by atoms with Crippen LogP contribution in [-0.4, -0.2) is 37.5 Å². The topological polar surface area (TPSA) is 105 Å². The van der Waals surface area contributed by atoms with Gasteiger partial charge in [-0.05, 0) is 30.7 Å². The third-order valence-corrected chi connectivity index (χ3v) is 3.68. The van der Waals surface area contributed by atoms with E-state index in [1.807, 2.05) is 20.8 Å². The van der Waals surface area contributed by atoms with Crippen molar-refractivity contribution < 1.29 is 28.6 Å². The van der Waals surface area contributed by atoms with Crippen molar-refractivity contribution in [2.45, 2.75) is 40.2 Å². The number of rotatable bonds is 9.